The monoisotopic (exact) mass is 235 g/mol. The summed E-state index contributed by atoms with van der Waals surface area (Å²) in [5.41, 5.74) is 1.23. The van der Waals surface area contributed by atoms with Gasteiger partial charge in [0.1, 0.15) is 5.82 Å². The first-order valence-electron chi connectivity index (χ1n) is 6.31. The van der Waals surface area contributed by atoms with Crippen LogP contribution in [0.4, 0.5) is 11.5 Å². The molecule has 1 aromatic rings. The van der Waals surface area contributed by atoms with E-state index in [1.54, 1.807) is 7.11 Å². The number of aromatic nitrogens is 1. The molecule has 1 aromatic heterocycles. The lowest BCUT2D eigenvalue weighted by molar-refractivity contribution is 0.0893. The number of hydrogen-bond donors (Lipinski definition) is 1. The molecule has 2 heterocycles. The van der Waals surface area contributed by atoms with E-state index in [0.717, 1.165) is 31.9 Å². The van der Waals surface area contributed by atoms with E-state index >= 15 is 0 Å². The van der Waals surface area contributed by atoms with E-state index in [-0.39, 0.29) is 0 Å². The van der Waals surface area contributed by atoms with Gasteiger partial charge in [0.05, 0.1) is 6.10 Å². The van der Waals surface area contributed by atoms with Crippen LogP contribution in [-0.4, -0.2) is 37.8 Å². The molecular weight excluding hydrogens is 214 g/mol. The largest absolute Gasteiger partial charge is 0.380 e. The van der Waals surface area contributed by atoms with Crippen molar-refractivity contribution < 1.29 is 4.74 Å². The van der Waals surface area contributed by atoms with Crippen molar-refractivity contribution in [3.8, 4) is 0 Å². The zero-order valence-electron chi connectivity index (χ0n) is 10.6. The number of rotatable bonds is 4. The summed E-state index contributed by atoms with van der Waals surface area (Å²) in [7, 11) is 1.80. The summed E-state index contributed by atoms with van der Waals surface area (Å²) >= 11 is 0. The van der Waals surface area contributed by atoms with Crippen LogP contribution in [0.25, 0.3) is 0 Å². The van der Waals surface area contributed by atoms with Gasteiger partial charge in [-0.1, -0.05) is 0 Å². The van der Waals surface area contributed by atoms with Crippen molar-refractivity contribution >= 4 is 11.5 Å². The van der Waals surface area contributed by atoms with E-state index in [4.69, 9.17) is 4.74 Å². The first kappa shape index (κ1) is 12.2. The Hall–Kier alpha value is -1.29. The number of hydrogen-bond acceptors (Lipinski definition) is 4. The van der Waals surface area contributed by atoms with Crippen LogP contribution in [-0.2, 0) is 4.74 Å². The molecule has 1 fully saturated rings. The molecule has 2 rings (SSSR count). The lowest BCUT2D eigenvalue weighted by Crippen LogP contribution is -2.39. The van der Waals surface area contributed by atoms with Gasteiger partial charge in [-0.3, -0.25) is 0 Å². The molecular formula is C13H21N3O. The molecule has 0 bridgehead atoms. The molecule has 1 aliphatic heterocycles. The third-order valence-electron chi connectivity index (χ3n) is 3.18. The number of methoxy groups -OCH3 is 1. The van der Waals surface area contributed by atoms with Crippen LogP contribution in [0.2, 0.25) is 0 Å². The van der Waals surface area contributed by atoms with Gasteiger partial charge in [0.25, 0.3) is 0 Å². The number of nitrogens with one attached hydrogen (secondary N) is 1. The summed E-state index contributed by atoms with van der Waals surface area (Å²) in [4.78, 5) is 6.67. The summed E-state index contributed by atoms with van der Waals surface area (Å²) in [6.45, 7) is 5.06. The van der Waals surface area contributed by atoms with Crippen LogP contribution in [0.3, 0.4) is 0 Å². The second kappa shape index (κ2) is 5.87. The van der Waals surface area contributed by atoms with Crippen LogP contribution >= 0.6 is 0 Å². The molecule has 0 spiro atoms. The highest BCUT2D eigenvalue weighted by atomic mass is 16.5. The molecule has 0 radical (unpaired) electrons. The number of pyridine rings is 1. The predicted molar refractivity (Wildman–Crippen MR) is 70.6 cm³/mol. The van der Waals surface area contributed by atoms with Crippen LogP contribution < -0.4 is 10.2 Å². The molecule has 1 unspecified atom stereocenters. The summed E-state index contributed by atoms with van der Waals surface area (Å²) in [6, 6.07) is 4.18. The van der Waals surface area contributed by atoms with E-state index in [1.165, 1.54) is 12.1 Å². The number of anilines is 2. The lowest BCUT2D eigenvalue weighted by Gasteiger charge is -2.33. The van der Waals surface area contributed by atoms with Crippen molar-refractivity contribution in [1.82, 2.24) is 4.98 Å². The highest BCUT2D eigenvalue weighted by molar-refractivity contribution is 5.54. The second-order valence-electron chi connectivity index (χ2n) is 4.38. The van der Waals surface area contributed by atoms with Crippen molar-refractivity contribution in [3.63, 3.8) is 0 Å². The fourth-order valence-electron chi connectivity index (χ4n) is 2.26. The Bertz CT molecular complexity index is 356. The predicted octanol–water partition coefficient (Wildman–Crippen LogP) is 2.13. The Balaban J connectivity index is 2.07. The Kier molecular flexibility index (Phi) is 4.20. The quantitative estimate of drug-likeness (QED) is 0.867. The van der Waals surface area contributed by atoms with Gasteiger partial charge in [0.2, 0.25) is 0 Å². The normalized spacial score (nSPS) is 20.4. The minimum absolute atomic E-state index is 0.361. The molecule has 94 valence electrons. The molecule has 1 saturated heterocycles. The molecule has 0 aliphatic carbocycles. The Morgan fingerprint density at radius 1 is 1.59 bits per heavy atom. The Labute approximate surface area is 103 Å². The van der Waals surface area contributed by atoms with Gasteiger partial charge in [0, 0.05) is 44.7 Å². The summed E-state index contributed by atoms with van der Waals surface area (Å²) in [5.74, 6) is 0.949. The van der Waals surface area contributed by atoms with Crippen LogP contribution in [0.15, 0.2) is 18.3 Å². The smallest absolute Gasteiger partial charge is 0.127 e. The minimum atomic E-state index is 0.361. The van der Waals surface area contributed by atoms with Gasteiger partial charge in [0.15, 0.2) is 0 Å². The van der Waals surface area contributed by atoms with E-state index in [0.29, 0.717) is 6.10 Å². The zero-order chi connectivity index (χ0) is 12.1. The molecule has 1 aliphatic rings. The van der Waals surface area contributed by atoms with E-state index in [2.05, 4.69) is 34.3 Å². The molecule has 0 aromatic carbocycles. The van der Waals surface area contributed by atoms with E-state index < -0.39 is 0 Å². The molecule has 4 heteroatoms. The van der Waals surface area contributed by atoms with Crippen molar-refractivity contribution in [2.45, 2.75) is 25.9 Å². The standard InChI is InChI=1S/C13H21N3O/c1-3-14-13-9-11(6-7-15-13)16-8-4-5-12(10-16)17-2/h6-7,9,12H,3-5,8,10H2,1-2H3,(H,14,15). The maximum atomic E-state index is 5.45. The van der Waals surface area contributed by atoms with Crippen molar-refractivity contribution in [2.24, 2.45) is 0 Å². The zero-order valence-corrected chi connectivity index (χ0v) is 10.6. The fraction of sp³-hybridized carbons (Fsp3) is 0.615. The van der Waals surface area contributed by atoms with Crippen LogP contribution in [0.5, 0.6) is 0 Å². The molecule has 1 N–H and O–H groups in total. The number of ether oxygens (including phenoxy) is 1. The summed E-state index contributed by atoms with van der Waals surface area (Å²) in [6.07, 6.45) is 4.58. The minimum Gasteiger partial charge on any atom is -0.380 e. The van der Waals surface area contributed by atoms with Crippen LogP contribution in [0, 0.1) is 0 Å². The third-order valence-corrected chi connectivity index (χ3v) is 3.18. The molecule has 0 amide bonds. The van der Waals surface area contributed by atoms with Gasteiger partial charge in [-0.2, -0.15) is 0 Å². The maximum Gasteiger partial charge on any atom is 0.127 e. The van der Waals surface area contributed by atoms with Crippen molar-refractivity contribution in [2.75, 3.05) is 37.0 Å². The molecule has 4 nitrogen and oxygen atoms in total. The third kappa shape index (κ3) is 3.09. The van der Waals surface area contributed by atoms with Crippen molar-refractivity contribution in [1.29, 1.82) is 0 Å². The Morgan fingerprint density at radius 3 is 3.24 bits per heavy atom. The van der Waals surface area contributed by atoms with Gasteiger partial charge in [-0.05, 0) is 25.8 Å². The van der Waals surface area contributed by atoms with Crippen LogP contribution in [0.1, 0.15) is 19.8 Å². The molecule has 1 atom stereocenters. The van der Waals surface area contributed by atoms with E-state index in [1.807, 2.05) is 6.20 Å². The van der Waals surface area contributed by atoms with Crippen molar-refractivity contribution in [3.05, 3.63) is 18.3 Å². The van der Waals surface area contributed by atoms with Gasteiger partial charge >= 0.3 is 0 Å². The molecule has 17 heavy (non-hydrogen) atoms. The second-order valence-corrected chi connectivity index (χ2v) is 4.38. The lowest BCUT2D eigenvalue weighted by atomic mass is 10.1. The first-order chi connectivity index (χ1) is 8.33. The SMILES string of the molecule is CCNc1cc(N2CCCC(OC)C2)ccn1. The highest BCUT2D eigenvalue weighted by Gasteiger charge is 2.19. The first-order valence-corrected chi connectivity index (χ1v) is 6.31. The van der Waals surface area contributed by atoms with Gasteiger partial charge in [-0.15, -0.1) is 0 Å². The van der Waals surface area contributed by atoms with Gasteiger partial charge < -0.3 is 15.0 Å². The number of nitrogens with zero attached hydrogens (tertiary/aromatic N) is 2. The average Bonchev–Trinajstić information content (AvgIpc) is 2.40. The summed E-state index contributed by atoms with van der Waals surface area (Å²) in [5, 5.41) is 3.24. The van der Waals surface area contributed by atoms with E-state index in [9.17, 15) is 0 Å². The summed E-state index contributed by atoms with van der Waals surface area (Å²) < 4.78 is 5.45. The average molecular weight is 235 g/mol. The number of piperidine rings is 1. The molecule has 0 saturated carbocycles. The Morgan fingerprint density at radius 2 is 2.47 bits per heavy atom. The topological polar surface area (TPSA) is 37.4 Å². The highest BCUT2D eigenvalue weighted by Crippen LogP contribution is 2.22. The fourth-order valence-corrected chi connectivity index (χ4v) is 2.26. The van der Waals surface area contributed by atoms with Gasteiger partial charge in [-0.25, -0.2) is 4.98 Å². The maximum absolute atomic E-state index is 5.45.